The number of likely N-dealkylation sites (tertiary alicyclic amines) is 1. The number of hydrogen-bond donors (Lipinski definition) is 1. The van der Waals surface area contributed by atoms with Gasteiger partial charge in [0.25, 0.3) is 5.91 Å². The second-order valence-corrected chi connectivity index (χ2v) is 8.18. The zero-order valence-electron chi connectivity index (χ0n) is 18.9. The van der Waals surface area contributed by atoms with Gasteiger partial charge in [-0.25, -0.2) is 0 Å². The van der Waals surface area contributed by atoms with Crippen LogP contribution in [0.4, 0.5) is 0 Å². The van der Waals surface area contributed by atoms with E-state index in [-0.39, 0.29) is 11.8 Å². The van der Waals surface area contributed by atoms with Crippen molar-refractivity contribution in [1.29, 1.82) is 0 Å². The number of nitrogens with one attached hydrogen (secondary N) is 1. The number of carbonyl (C=O) groups is 2. The summed E-state index contributed by atoms with van der Waals surface area (Å²) in [5, 5.41) is 3.26. The lowest BCUT2D eigenvalue weighted by atomic mass is 10.1. The van der Waals surface area contributed by atoms with E-state index in [4.69, 9.17) is 9.47 Å². The van der Waals surface area contributed by atoms with Gasteiger partial charge in [-0.3, -0.25) is 9.59 Å². The van der Waals surface area contributed by atoms with E-state index in [1.807, 2.05) is 9.80 Å². The fourth-order valence-electron chi connectivity index (χ4n) is 4.18. The quantitative estimate of drug-likeness (QED) is 0.637. The summed E-state index contributed by atoms with van der Waals surface area (Å²) in [7, 11) is 3.15. The molecule has 2 aliphatic rings. The molecule has 0 aromatic heterocycles. The van der Waals surface area contributed by atoms with Crippen LogP contribution in [0.2, 0.25) is 0 Å². The molecule has 1 N–H and O–H groups in total. The van der Waals surface area contributed by atoms with E-state index in [1.165, 1.54) is 19.3 Å². The zero-order chi connectivity index (χ0) is 22.1. The van der Waals surface area contributed by atoms with Crippen LogP contribution >= 0.6 is 0 Å². The van der Waals surface area contributed by atoms with Crippen molar-refractivity contribution in [3.05, 3.63) is 23.8 Å². The molecule has 0 radical (unpaired) electrons. The monoisotopic (exact) mass is 432 g/mol. The van der Waals surface area contributed by atoms with Gasteiger partial charge in [-0.2, -0.15) is 0 Å². The highest BCUT2D eigenvalue weighted by molar-refractivity contribution is 5.95. The van der Waals surface area contributed by atoms with Gasteiger partial charge in [-0.1, -0.05) is 6.42 Å². The number of piperidine rings is 1. The SMILES string of the molecule is COc1cc(OC)cc(C(=O)N(CCC(=O)N2CCNCC2)CCN2CCCCC2)c1. The molecule has 1 aromatic carbocycles. The van der Waals surface area contributed by atoms with Gasteiger partial charge in [0.1, 0.15) is 11.5 Å². The Morgan fingerprint density at radius 1 is 0.935 bits per heavy atom. The summed E-state index contributed by atoms with van der Waals surface area (Å²) in [6.45, 7) is 7.11. The van der Waals surface area contributed by atoms with Crippen molar-refractivity contribution >= 4 is 11.8 Å². The fourth-order valence-corrected chi connectivity index (χ4v) is 4.18. The lowest BCUT2D eigenvalue weighted by Gasteiger charge is -2.31. The third kappa shape index (κ3) is 6.83. The Bertz CT molecular complexity index is 708. The average Bonchev–Trinajstić information content (AvgIpc) is 2.84. The topological polar surface area (TPSA) is 74.3 Å². The van der Waals surface area contributed by atoms with Crippen LogP contribution in [0.5, 0.6) is 11.5 Å². The molecule has 1 aromatic rings. The second-order valence-electron chi connectivity index (χ2n) is 8.18. The predicted octanol–water partition coefficient (Wildman–Crippen LogP) is 1.45. The maximum absolute atomic E-state index is 13.4. The van der Waals surface area contributed by atoms with E-state index >= 15 is 0 Å². The molecule has 0 atom stereocenters. The van der Waals surface area contributed by atoms with E-state index in [1.54, 1.807) is 32.4 Å². The molecule has 2 fully saturated rings. The molecular weight excluding hydrogens is 396 g/mol. The molecule has 172 valence electrons. The first kappa shape index (κ1) is 23.3. The molecule has 0 spiro atoms. The maximum atomic E-state index is 13.4. The summed E-state index contributed by atoms with van der Waals surface area (Å²) in [6, 6.07) is 5.22. The minimum atomic E-state index is -0.0951. The number of ether oxygens (including phenoxy) is 2. The normalized spacial score (nSPS) is 17.3. The van der Waals surface area contributed by atoms with Gasteiger partial charge < -0.3 is 29.5 Å². The first-order chi connectivity index (χ1) is 15.1. The number of nitrogens with zero attached hydrogens (tertiary/aromatic N) is 3. The molecule has 8 nitrogen and oxygen atoms in total. The van der Waals surface area contributed by atoms with E-state index in [2.05, 4.69) is 10.2 Å². The van der Waals surface area contributed by atoms with Gasteiger partial charge in [0.15, 0.2) is 0 Å². The summed E-state index contributed by atoms with van der Waals surface area (Å²) in [5.74, 6) is 1.17. The van der Waals surface area contributed by atoms with Crippen molar-refractivity contribution in [2.75, 3.05) is 73.1 Å². The molecule has 0 saturated carbocycles. The molecule has 8 heteroatoms. The van der Waals surface area contributed by atoms with Gasteiger partial charge in [0.2, 0.25) is 5.91 Å². The van der Waals surface area contributed by atoms with Crippen LogP contribution in [-0.4, -0.2) is 99.6 Å². The molecule has 0 aliphatic carbocycles. The Morgan fingerprint density at radius 2 is 1.58 bits per heavy atom. The summed E-state index contributed by atoms with van der Waals surface area (Å²) in [6.07, 6.45) is 4.04. The average molecular weight is 433 g/mol. The van der Waals surface area contributed by atoms with Crippen LogP contribution < -0.4 is 14.8 Å². The molecule has 31 heavy (non-hydrogen) atoms. The third-order valence-electron chi connectivity index (χ3n) is 6.09. The number of hydrogen-bond acceptors (Lipinski definition) is 6. The third-order valence-corrected chi connectivity index (χ3v) is 6.09. The van der Waals surface area contributed by atoms with Gasteiger partial charge in [-0.05, 0) is 38.1 Å². The molecule has 3 rings (SSSR count). The molecular formula is C23H36N4O4. The summed E-state index contributed by atoms with van der Waals surface area (Å²) in [4.78, 5) is 32.2. The fraction of sp³-hybridized carbons (Fsp3) is 0.652. The molecule has 2 amide bonds. The molecule has 0 bridgehead atoms. The van der Waals surface area contributed by atoms with Crippen molar-refractivity contribution in [2.24, 2.45) is 0 Å². The zero-order valence-corrected chi connectivity index (χ0v) is 18.9. The second kappa shape index (κ2) is 11.9. The Morgan fingerprint density at radius 3 is 2.19 bits per heavy atom. The minimum Gasteiger partial charge on any atom is -0.497 e. The highest BCUT2D eigenvalue weighted by Gasteiger charge is 2.22. The van der Waals surface area contributed by atoms with E-state index in [0.29, 0.717) is 36.6 Å². The maximum Gasteiger partial charge on any atom is 0.254 e. The van der Waals surface area contributed by atoms with Crippen molar-refractivity contribution in [3.63, 3.8) is 0 Å². The van der Waals surface area contributed by atoms with Gasteiger partial charge in [0, 0.05) is 63.9 Å². The Kier molecular flexibility index (Phi) is 8.97. The Hall–Kier alpha value is -2.32. The highest BCUT2D eigenvalue weighted by Crippen LogP contribution is 2.23. The molecule has 0 unspecified atom stereocenters. The summed E-state index contributed by atoms with van der Waals surface area (Å²) < 4.78 is 10.7. The van der Waals surface area contributed by atoms with Crippen molar-refractivity contribution < 1.29 is 19.1 Å². The van der Waals surface area contributed by atoms with Crippen molar-refractivity contribution in [2.45, 2.75) is 25.7 Å². The van der Waals surface area contributed by atoms with Gasteiger partial charge in [-0.15, -0.1) is 0 Å². The van der Waals surface area contributed by atoms with E-state index in [9.17, 15) is 9.59 Å². The first-order valence-corrected chi connectivity index (χ1v) is 11.3. The smallest absolute Gasteiger partial charge is 0.254 e. The predicted molar refractivity (Wildman–Crippen MR) is 120 cm³/mol. The van der Waals surface area contributed by atoms with Crippen LogP contribution in [0.1, 0.15) is 36.0 Å². The van der Waals surface area contributed by atoms with Crippen LogP contribution in [0.15, 0.2) is 18.2 Å². The van der Waals surface area contributed by atoms with Gasteiger partial charge in [0.05, 0.1) is 14.2 Å². The molecule has 2 aliphatic heterocycles. The number of methoxy groups -OCH3 is 2. The largest absolute Gasteiger partial charge is 0.497 e. The number of piperazine rings is 1. The Balaban J connectivity index is 1.69. The van der Waals surface area contributed by atoms with Crippen molar-refractivity contribution in [1.82, 2.24) is 20.0 Å². The van der Waals surface area contributed by atoms with Crippen LogP contribution in [0.25, 0.3) is 0 Å². The van der Waals surface area contributed by atoms with E-state index in [0.717, 1.165) is 45.8 Å². The summed E-state index contributed by atoms with van der Waals surface area (Å²) >= 11 is 0. The van der Waals surface area contributed by atoms with Crippen LogP contribution in [-0.2, 0) is 4.79 Å². The van der Waals surface area contributed by atoms with Crippen LogP contribution in [0.3, 0.4) is 0 Å². The lowest BCUT2D eigenvalue weighted by Crippen LogP contribution is -2.47. The van der Waals surface area contributed by atoms with E-state index < -0.39 is 0 Å². The van der Waals surface area contributed by atoms with Gasteiger partial charge >= 0.3 is 0 Å². The molecule has 2 heterocycles. The number of rotatable bonds is 9. The number of carbonyl (C=O) groups excluding carboxylic acids is 2. The number of benzene rings is 1. The molecule has 2 saturated heterocycles. The standard InChI is InChI=1S/C23H36N4O4/c1-30-20-16-19(17-21(18-20)31-2)23(29)27(15-14-25-9-4-3-5-10-25)11-6-22(28)26-12-7-24-8-13-26/h16-18,24H,3-15H2,1-2H3. The lowest BCUT2D eigenvalue weighted by molar-refractivity contribution is -0.131. The van der Waals surface area contributed by atoms with Crippen LogP contribution in [0, 0.1) is 0 Å². The summed E-state index contributed by atoms with van der Waals surface area (Å²) in [5.41, 5.74) is 0.518. The van der Waals surface area contributed by atoms with Crippen molar-refractivity contribution in [3.8, 4) is 11.5 Å². The first-order valence-electron chi connectivity index (χ1n) is 11.3. The number of amides is 2. The minimum absolute atomic E-state index is 0.0951. The highest BCUT2D eigenvalue weighted by atomic mass is 16.5. The Labute approximate surface area is 185 Å².